The Morgan fingerprint density at radius 2 is 1.84 bits per heavy atom. The number of hydrogen-bond donors (Lipinski definition) is 2. The Labute approximate surface area is 145 Å². The number of fused-ring (bicyclic) bond motifs is 1. The van der Waals surface area contributed by atoms with E-state index in [9.17, 15) is 4.79 Å². The van der Waals surface area contributed by atoms with Crippen LogP contribution in [0.2, 0.25) is 0 Å². The van der Waals surface area contributed by atoms with Gasteiger partial charge in [-0.05, 0) is 30.3 Å². The lowest BCUT2D eigenvalue weighted by Crippen LogP contribution is -2.43. The number of piperazine rings is 1. The van der Waals surface area contributed by atoms with Crippen molar-refractivity contribution < 1.29 is 9.21 Å². The van der Waals surface area contributed by atoms with Crippen LogP contribution in [0.1, 0.15) is 0 Å². The second-order valence-electron chi connectivity index (χ2n) is 6.05. The van der Waals surface area contributed by atoms with Gasteiger partial charge in [-0.2, -0.15) is 0 Å². The van der Waals surface area contributed by atoms with Crippen molar-refractivity contribution >= 4 is 34.1 Å². The summed E-state index contributed by atoms with van der Waals surface area (Å²) in [5, 5.41) is 4.30. The van der Waals surface area contributed by atoms with E-state index in [1.165, 1.54) is 4.90 Å². The standard InChI is InChI=1S/C19H20N4O2/c20-19(24)23(15-4-2-1-3-5-15)16-12-14-6-11-25-18(14)17(13-16)22-9-7-21-8-10-22/h1-6,11-13,21H,7-10H2,(H2,20,24). The number of nitrogens with zero attached hydrogens (tertiary/aromatic N) is 2. The molecule has 0 radical (unpaired) electrons. The molecule has 2 heterocycles. The van der Waals surface area contributed by atoms with Gasteiger partial charge in [0.2, 0.25) is 0 Å². The maximum Gasteiger partial charge on any atom is 0.323 e. The Morgan fingerprint density at radius 3 is 2.56 bits per heavy atom. The maximum atomic E-state index is 12.2. The molecule has 1 aliphatic heterocycles. The number of primary amides is 1. The van der Waals surface area contributed by atoms with Crippen LogP contribution in [0.3, 0.4) is 0 Å². The fourth-order valence-electron chi connectivity index (χ4n) is 3.30. The third-order valence-corrected chi connectivity index (χ3v) is 4.47. The van der Waals surface area contributed by atoms with E-state index in [1.807, 2.05) is 48.5 Å². The van der Waals surface area contributed by atoms with Gasteiger partial charge < -0.3 is 20.4 Å². The Hall–Kier alpha value is -2.99. The van der Waals surface area contributed by atoms with Crippen LogP contribution in [0.15, 0.2) is 59.2 Å². The van der Waals surface area contributed by atoms with Gasteiger partial charge in [0.1, 0.15) is 0 Å². The number of para-hydroxylation sites is 1. The van der Waals surface area contributed by atoms with Gasteiger partial charge >= 0.3 is 6.03 Å². The molecule has 1 fully saturated rings. The third-order valence-electron chi connectivity index (χ3n) is 4.47. The van der Waals surface area contributed by atoms with Crippen LogP contribution in [0.4, 0.5) is 21.9 Å². The third kappa shape index (κ3) is 2.92. The fourth-order valence-corrected chi connectivity index (χ4v) is 3.30. The van der Waals surface area contributed by atoms with Crippen LogP contribution in [-0.4, -0.2) is 32.2 Å². The zero-order chi connectivity index (χ0) is 17.2. The number of rotatable bonds is 3. The van der Waals surface area contributed by atoms with Crippen LogP contribution in [-0.2, 0) is 0 Å². The molecule has 4 rings (SSSR count). The summed E-state index contributed by atoms with van der Waals surface area (Å²) in [6.07, 6.45) is 1.68. The number of carbonyl (C=O) groups is 1. The molecule has 1 aliphatic rings. The van der Waals surface area contributed by atoms with Crippen LogP contribution in [0.5, 0.6) is 0 Å². The molecule has 25 heavy (non-hydrogen) atoms. The smallest absolute Gasteiger partial charge is 0.323 e. The molecular formula is C19H20N4O2. The summed E-state index contributed by atoms with van der Waals surface area (Å²) in [7, 11) is 0. The van der Waals surface area contributed by atoms with Gasteiger partial charge in [0, 0.05) is 31.6 Å². The monoisotopic (exact) mass is 336 g/mol. The Kier molecular flexibility index (Phi) is 4.03. The van der Waals surface area contributed by atoms with E-state index in [0.717, 1.165) is 54.2 Å². The molecule has 0 bridgehead atoms. The molecule has 0 spiro atoms. The number of nitrogens with two attached hydrogens (primary N) is 1. The van der Waals surface area contributed by atoms with Gasteiger partial charge in [0.05, 0.1) is 23.3 Å². The normalized spacial score (nSPS) is 14.6. The zero-order valence-electron chi connectivity index (χ0n) is 13.8. The summed E-state index contributed by atoms with van der Waals surface area (Å²) >= 11 is 0. The summed E-state index contributed by atoms with van der Waals surface area (Å²) < 4.78 is 5.71. The van der Waals surface area contributed by atoms with Crippen molar-refractivity contribution in [2.24, 2.45) is 5.73 Å². The van der Waals surface area contributed by atoms with Crippen molar-refractivity contribution in [3.05, 3.63) is 54.8 Å². The quantitative estimate of drug-likeness (QED) is 0.771. The first kappa shape index (κ1) is 15.5. The van der Waals surface area contributed by atoms with Crippen LogP contribution in [0.25, 0.3) is 11.0 Å². The molecule has 128 valence electrons. The number of urea groups is 1. The average molecular weight is 336 g/mol. The van der Waals surface area contributed by atoms with Gasteiger partial charge in [-0.15, -0.1) is 0 Å². The lowest BCUT2D eigenvalue weighted by Gasteiger charge is -2.30. The molecule has 0 aliphatic carbocycles. The van der Waals surface area contributed by atoms with E-state index in [0.29, 0.717) is 0 Å². The molecule has 3 aromatic rings. The minimum atomic E-state index is -0.514. The number of hydrogen-bond acceptors (Lipinski definition) is 4. The molecule has 6 heteroatoms. The number of benzene rings is 2. The van der Waals surface area contributed by atoms with Crippen molar-refractivity contribution in [1.29, 1.82) is 0 Å². The second-order valence-corrected chi connectivity index (χ2v) is 6.05. The van der Waals surface area contributed by atoms with Crippen molar-refractivity contribution in [1.82, 2.24) is 5.32 Å². The summed E-state index contributed by atoms with van der Waals surface area (Å²) in [6, 6.07) is 14.7. The van der Waals surface area contributed by atoms with Gasteiger partial charge in [-0.3, -0.25) is 4.90 Å². The van der Waals surface area contributed by atoms with Crippen LogP contribution in [0, 0.1) is 0 Å². The largest absolute Gasteiger partial charge is 0.462 e. The molecule has 0 saturated carbocycles. The minimum absolute atomic E-state index is 0.514. The Morgan fingerprint density at radius 1 is 1.08 bits per heavy atom. The Balaban J connectivity index is 1.84. The summed E-state index contributed by atoms with van der Waals surface area (Å²) in [4.78, 5) is 16.0. The predicted molar refractivity (Wildman–Crippen MR) is 99.5 cm³/mol. The minimum Gasteiger partial charge on any atom is -0.462 e. The summed E-state index contributed by atoms with van der Waals surface area (Å²) in [5.74, 6) is 0. The summed E-state index contributed by atoms with van der Waals surface area (Å²) in [5.41, 5.74) is 8.99. The van der Waals surface area contributed by atoms with Crippen LogP contribution < -0.4 is 20.9 Å². The lowest BCUT2D eigenvalue weighted by molar-refractivity contribution is 0.256. The first-order valence-corrected chi connectivity index (χ1v) is 8.35. The molecule has 0 unspecified atom stereocenters. The molecule has 2 aromatic carbocycles. The molecular weight excluding hydrogens is 316 g/mol. The second kappa shape index (κ2) is 6.49. The first-order valence-electron chi connectivity index (χ1n) is 8.35. The first-order chi connectivity index (χ1) is 12.2. The maximum absolute atomic E-state index is 12.2. The highest BCUT2D eigenvalue weighted by atomic mass is 16.3. The highest BCUT2D eigenvalue weighted by molar-refractivity contribution is 6.03. The van der Waals surface area contributed by atoms with Crippen molar-refractivity contribution in [3.63, 3.8) is 0 Å². The average Bonchev–Trinajstić information content (AvgIpc) is 3.11. The van der Waals surface area contributed by atoms with E-state index >= 15 is 0 Å². The number of carbonyl (C=O) groups excluding carboxylic acids is 1. The molecule has 1 aromatic heterocycles. The van der Waals surface area contributed by atoms with Crippen molar-refractivity contribution in [3.8, 4) is 0 Å². The van der Waals surface area contributed by atoms with E-state index in [2.05, 4.69) is 10.2 Å². The van der Waals surface area contributed by atoms with Crippen molar-refractivity contribution in [2.45, 2.75) is 0 Å². The Bertz CT molecular complexity index is 885. The van der Waals surface area contributed by atoms with Crippen LogP contribution >= 0.6 is 0 Å². The number of anilines is 3. The van der Waals surface area contributed by atoms with Crippen molar-refractivity contribution in [2.75, 3.05) is 36.0 Å². The molecule has 0 atom stereocenters. The zero-order valence-corrected chi connectivity index (χ0v) is 13.8. The molecule has 3 N–H and O–H groups in total. The topological polar surface area (TPSA) is 74.7 Å². The highest BCUT2D eigenvalue weighted by Gasteiger charge is 2.21. The molecule has 2 amide bonds. The van der Waals surface area contributed by atoms with E-state index < -0.39 is 6.03 Å². The van der Waals surface area contributed by atoms with Gasteiger partial charge in [-0.1, -0.05) is 18.2 Å². The predicted octanol–water partition coefficient (Wildman–Crippen LogP) is 3.06. The molecule has 1 saturated heterocycles. The lowest BCUT2D eigenvalue weighted by atomic mass is 10.1. The van der Waals surface area contributed by atoms with Gasteiger partial charge in [-0.25, -0.2) is 4.79 Å². The number of furan rings is 1. The SMILES string of the molecule is NC(=O)N(c1ccccc1)c1cc(N2CCNCC2)c2occc2c1. The van der Waals surface area contributed by atoms with Gasteiger partial charge in [0.25, 0.3) is 0 Å². The molecule has 6 nitrogen and oxygen atoms in total. The van der Waals surface area contributed by atoms with E-state index in [-0.39, 0.29) is 0 Å². The summed E-state index contributed by atoms with van der Waals surface area (Å²) in [6.45, 7) is 3.62. The highest BCUT2D eigenvalue weighted by Crippen LogP contribution is 2.36. The van der Waals surface area contributed by atoms with Gasteiger partial charge in [0.15, 0.2) is 5.58 Å². The fraction of sp³-hybridized carbons (Fsp3) is 0.211. The number of nitrogens with one attached hydrogen (secondary N) is 1. The van der Waals surface area contributed by atoms with E-state index in [1.54, 1.807) is 6.26 Å². The van der Waals surface area contributed by atoms with E-state index in [4.69, 9.17) is 10.2 Å². The number of amides is 2.